The fourth-order valence-corrected chi connectivity index (χ4v) is 9.70. The lowest BCUT2D eigenvalue weighted by atomic mass is 9.85. The first-order valence-electron chi connectivity index (χ1n) is 21.1. The molecule has 0 bridgehead atoms. The zero-order chi connectivity index (χ0) is 40.3. The molecule has 0 spiro atoms. The van der Waals surface area contributed by atoms with E-state index in [1.165, 1.54) is 98.0 Å². The Balaban J connectivity index is 1.08. The Morgan fingerprint density at radius 3 is 1.28 bits per heavy atom. The molecule has 12 aromatic carbocycles. The number of rotatable bonds is 6. The number of hydrogen-bond acceptors (Lipinski definition) is 1. The highest BCUT2D eigenvalue weighted by Crippen LogP contribution is 2.45. The molecule has 0 aromatic heterocycles. The van der Waals surface area contributed by atoms with Gasteiger partial charge in [-0.2, -0.15) is 0 Å². The van der Waals surface area contributed by atoms with E-state index in [1.54, 1.807) is 0 Å². The van der Waals surface area contributed by atoms with Crippen molar-refractivity contribution in [2.75, 3.05) is 4.90 Å². The normalized spacial score (nSPS) is 11.6. The van der Waals surface area contributed by atoms with E-state index in [0.717, 1.165) is 17.1 Å². The van der Waals surface area contributed by atoms with Gasteiger partial charge in [0, 0.05) is 17.1 Å². The molecule has 0 N–H and O–H groups in total. The summed E-state index contributed by atoms with van der Waals surface area (Å²) < 4.78 is 0. The fraction of sp³-hybridized carbons (Fsp3) is 0. The van der Waals surface area contributed by atoms with Crippen LogP contribution in [0.1, 0.15) is 0 Å². The molecular formula is C60H39N. The maximum absolute atomic E-state index is 2.46. The van der Waals surface area contributed by atoms with Crippen molar-refractivity contribution in [2.24, 2.45) is 0 Å². The Labute approximate surface area is 355 Å². The lowest BCUT2D eigenvalue weighted by molar-refractivity contribution is 1.29. The van der Waals surface area contributed by atoms with Crippen LogP contribution in [0.25, 0.3) is 98.0 Å². The SMILES string of the molecule is c1ccc(N(c2ccccc2)c2ccc3cc(-c4ccc5c(-c6cccc7ccccc67)cc6c7ccccc7c(-c7cccc8ccccc78)cc6c5c4)ccc3c2)cc1. The fourth-order valence-electron chi connectivity index (χ4n) is 9.70. The van der Waals surface area contributed by atoms with Crippen LogP contribution in [0.4, 0.5) is 17.1 Å². The van der Waals surface area contributed by atoms with Gasteiger partial charge in [0.25, 0.3) is 0 Å². The van der Waals surface area contributed by atoms with Crippen LogP contribution in [-0.4, -0.2) is 0 Å². The van der Waals surface area contributed by atoms with E-state index in [0.29, 0.717) is 0 Å². The van der Waals surface area contributed by atoms with Gasteiger partial charge >= 0.3 is 0 Å². The molecule has 1 heteroatoms. The van der Waals surface area contributed by atoms with Crippen LogP contribution in [-0.2, 0) is 0 Å². The maximum atomic E-state index is 2.46. The molecule has 0 atom stereocenters. The van der Waals surface area contributed by atoms with E-state index in [1.807, 2.05) is 0 Å². The monoisotopic (exact) mass is 773 g/mol. The number of anilines is 3. The van der Waals surface area contributed by atoms with Crippen LogP contribution >= 0.6 is 0 Å². The predicted octanol–water partition coefficient (Wildman–Crippen LogP) is 17.1. The number of fused-ring (bicyclic) bond motifs is 8. The highest BCUT2D eigenvalue weighted by molar-refractivity contribution is 6.26. The molecule has 0 saturated heterocycles. The second-order valence-corrected chi connectivity index (χ2v) is 16.1. The smallest absolute Gasteiger partial charge is 0.0468 e. The van der Waals surface area contributed by atoms with Gasteiger partial charge < -0.3 is 4.90 Å². The Morgan fingerprint density at radius 2 is 0.639 bits per heavy atom. The van der Waals surface area contributed by atoms with E-state index >= 15 is 0 Å². The summed E-state index contributed by atoms with van der Waals surface area (Å²) in [5.74, 6) is 0. The zero-order valence-electron chi connectivity index (χ0n) is 33.5. The van der Waals surface area contributed by atoms with Crippen molar-refractivity contribution in [3.63, 3.8) is 0 Å². The van der Waals surface area contributed by atoms with Crippen LogP contribution in [0, 0.1) is 0 Å². The van der Waals surface area contributed by atoms with Crippen LogP contribution in [0.15, 0.2) is 237 Å². The summed E-state index contributed by atoms with van der Waals surface area (Å²) in [6.07, 6.45) is 0. The molecule has 12 aromatic rings. The van der Waals surface area contributed by atoms with Gasteiger partial charge in [0.15, 0.2) is 0 Å². The van der Waals surface area contributed by atoms with Crippen LogP contribution in [0.5, 0.6) is 0 Å². The molecule has 0 unspecified atom stereocenters. The number of hydrogen-bond donors (Lipinski definition) is 0. The second-order valence-electron chi connectivity index (χ2n) is 16.1. The van der Waals surface area contributed by atoms with Gasteiger partial charge in [-0.3, -0.25) is 0 Å². The Kier molecular flexibility index (Phi) is 8.25. The first-order valence-corrected chi connectivity index (χ1v) is 21.1. The average Bonchev–Trinajstić information content (AvgIpc) is 3.33. The third-order valence-electron chi connectivity index (χ3n) is 12.6. The van der Waals surface area contributed by atoms with E-state index in [-0.39, 0.29) is 0 Å². The zero-order valence-corrected chi connectivity index (χ0v) is 33.5. The summed E-state index contributed by atoms with van der Waals surface area (Å²) in [6.45, 7) is 0. The molecular weight excluding hydrogens is 735 g/mol. The lowest BCUT2D eigenvalue weighted by Crippen LogP contribution is -2.09. The van der Waals surface area contributed by atoms with Gasteiger partial charge in [-0.1, -0.05) is 176 Å². The van der Waals surface area contributed by atoms with E-state index in [4.69, 9.17) is 0 Å². The van der Waals surface area contributed by atoms with Gasteiger partial charge in [-0.25, -0.2) is 0 Å². The molecule has 61 heavy (non-hydrogen) atoms. The molecule has 0 amide bonds. The lowest BCUT2D eigenvalue weighted by Gasteiger charge is -2.25. The van der Waals surface area contributed by atoms with Gasteiger partial charge in [0.2, 0.25) is 0 Å². The molecule has 0 aliphatic carbocycles. The Hall–Kier alpha value is -8.00. The van der Waals surface area contributed by atoms with Gasteiger partial charge in [0.05, 0.1) is 0 Å². The quantitative estimate of drug-likeness (QED) is 0.152. The van der Waals surface area contributed by atoms with Crippen molar-refractivity contribution in [1.82, 2.24) is 0 Å². The van der Waals surface area contributed by atoms with Gasteiger partial charge in [-0.05, 0) is 159 Å². The van der Waals surface area contributed by atoms with Gasteiger partial charge in [0.1, 0.15) is 0 Å². The Bertz CT molecular complexity index is 3590. The molecule has 0 aliphatic rings. The average molecular weight is 774 g/mol. The van der Waals surface area contributed by atoms with Gasteiger partial charge in [-0.15, -0.1) is 0 Å². The first kappa shape index (κ1) is 35.0. The number of benzene rings is 12. The van der Waals surface area contributed by atoms with E-state index < -0.39 is 0 Å². The summed E-state index contributed by atoms with van der Waals surface area (Å²) in [4.78, 5) is 2.32. The van der Waals surface area contributed by atoms with Crippen LogP contribution in [0.2, 0.25) is 0 Å². The summed E-state index contributed by atoms with van der Waals surface area (Å²) in [5, 5.41) is 15.0. The topological polar surface area (TPSA) is 3.24 Å². The van der Waals surface area contributed by atoms with E-state index in [2.05, 4.69) is 241 Å². The molecule has 284 valence electrons. The molecule has 0 aliphatic heterocycles. The minimum atomic E-state index is 1.13. The molecule has 0 heterocycles. The highest BCUT2D eigenvalue weighted by atomic mass is 15.1. The summed E-state index contributed by atoms with van der Waals surface area (Å²) in [7, 11) is 0. The third kappa shape index (κ3) is 5.93. The maximum Gasteiger partial charge on any atom is 0.0468 e. The van der Waals surface area contributed by atoms with Crippen molar-refractivity contribution in [1.29, 1.82) is 0 Å². The second kappa shape index (κ2) is 14.4. The van der Waals surface area contributed by atoms with Crippen LogP contribution < -0.4 is 4.90 Å². The molecule has 0 radical (unpaired) electrons. The van der Waals surface area contributed by atoms with Crippen LogP contribution in [0.3, 0.4) is 0 Å². The summed E-state index contributed by atoms with van der Waals surface area (Å²) in [6, 6.07) is 86.9. The minimum Gasteiger partial charge on any atom is -0.310 e. The highest BCUT2D eigenvalue weighted by Gasteiger charge is 2.18. The first-order chi connectivity index (χ1) is 30.2. The predicted molar refractivity (Wildman–Crippen MR) is 262 cm³/mol. The molecule has 1 nitrogen and oxygen atoms in total. The molecule has 12 rings (SSSR count). The minimum absolute atomic E-state index is 1.13. The summed E-state index contributed by atoms with van der Waals surface area (Å²) >= 11 is 0. The number of para-hydroxylation sites is 2. The molecule has 0 fully saturated rings. The number of nitrogens with zero attached hydrogens (tertiary/aromatic N) is 1. The summed E-state index contributed by atoms with van der Waals surface area (Å²) in [5.41, 5.74) is 10.8. The van der Waals surface area contributed by atoms with E-state index in [9.17, 15) is 0 Å². The standard InChI is InChI=1S/C60H39N/c1-3-19-46(20-4-1)61(47-21-5-2-6-22-47)48-33-31-43-35-42(29-30-44(43)36-48)45-32-34-55-56(37-45)60-39-57(51-27-13-17-40-15-7-9-23-49(40)51)53-25-11-12-26-54(53)59(60)38-58(55)52-28-14-18-41-16-8-10-24-50(41)52/h1-39H. The van der Waals surface area contributed by atoms with Crippen molar-refractivity contribution in [2.45, 2.75) is 0 Å². The van der Waals surface area contributed by atoms with Crippen molar-refractivity contribution in [3.8, 4) is 33.4 Å². The van der Waals surface area contributed by atoms with Crippen molar-refractivity contribution < 1.29 is 0 Å². The van der Waals surface area contributed by atoms with Crippen molar-refractivity contribution >= 4 is 81.7 Å². The molecule has 0 saturated carbocycles. The van der Waals surface area contributed by atoms with Crippen molar-refractivity contribution in [3.05, 3.63) is 237 Å². The largest absolute Gasteiger partial charge is 0.310 e. The Morgan fingerprint density at radius 1 is 0.197 bits per heavy atom. The third-order valence-corrected chi connectivity index (χ3v) is 12.6.